The monoisotopic (exact) mass is 287 g/mol. The van der Waals surface area contributed by atoms with Crippen molar-refractivity contribution < 1.29 is 4.79 Å². The van der Waals surface area contributed by atoms with Crippen LogP contribution in [-0.4, -0.2) is 24.5 Å². The third kappa shape index (κ3) is 2.99. The van der Waals surface area contributed by atoms with E-state index in [1.54, 1.807) is 0 Å². The van der Waals surface area contributed by atoms with E-state index in [0.29, 0.717) is 24.4 Å². The van der Waals surface area contributed by atoms with Crippen LogP contribution in [-0.2, 0) is 4.79 Å². The van der Waals surface area contributed by atoms with E-state index in [9.17, 15) is 4.79 Å². The maximum atomic E-state index is 12.5. The van der Waals surface area contributed by atoms with Gasteiger partial charge >= 0.3 is 0 Å². The summed E-state index contributed by atoms with van der Waals surface area (Å²) in [5.41, 5.74) is 2.08. The summed E-state index contributed by atoms with van der Waals surface area (Å²) < 4.78 is 0. The lowest BCUT2D eigenvalue weighted by Crippen LogP contribution is -2.52. The smallest absolute Gasteiger partial charge is 0.244 e. The van der Waals surface area contributed by atoms with E-state index in [-0.39, 0.29) is 11.9 Å². The largest absolute Gasteiger partial charge is 0.381 e. The highest BCUT2D eigenvalue weighted by Gasteiger charge is 2.31. The minimum absolute atomic E-state index is 0.114. The van der Waals surface area contributed by atoms with Crippen molar-refractivity contribution >= 4 is 17.3 Å². The number of hydrogen-bond donors (Lipinski definition) is 3. The first-order chi connectivity index (χ1) is 10.1. The molecule has 0 saturated heterocycles. The van der Waals surface area contributed by atoms with Gasteiger partial charge in [-0.3, -0.25) is 4.79 Å². The Kier molecular flexibility index (Phi) is 4.04. The predicted molar refractivity (Wildman–Crippen MR) is 86.5 cm³/mol. The quantitative estimate of drug-likeness (QED) is 0.784. The molecule has 0 bridgehead atoms. The molecule has 3 N–H and O–H groups in total. The van der Waals surface area contributed by atoms with Gasteiger partial charge in [0.05, 0.1) is 11.4 Å². The van der Waals surface area contributed by atoms with Crippen molar-refractivity contribution in [3.8, 4) is 0 Å². The Morgan fingerprint density at radius 3 is 2.76 bits per heavy atom. The number of nitrogens with one attached hydrogen (secondary N) is 3. The van der Waals surface area contributed by atoms with E-state index in [1.165, 1.54) is 12.8 Å². The molecule has 4 nitrogen and oxygen atoms in total. The van der Waals surface area contributed by atoms with E-state index in [0.717, 1.165) is 17.8 Å². The summed E-state index contributed by atoms with van der Waals surface area (Å²) in [5.74, 6) is 1.37. The van der Waals surface area contributed by atoms with E-state index in [2.05, 4.69) is 29.8 Å². The number of carbonyl (C=O) groups is 1. The molecule has 1 heterocycles. The molecule has 4 unspecified atom stereocenters. The molecule has 114 valence electrons. The van der Waals surface area contributed by atoms with Gasteiger partial charge in [-0.05, 0) is 30.4 Å². The van der Waals surface area contributed by atoms with Crippen LogP contribution in [0.25, 0.3) is 0 Å². The van der Waals surface area contributed by atoms with Crippen molar-refractivity contribution in [1.82, 2.24) is 5.32 Å². The second-order valence-corrected chi connectivity index (χ2v) is 6.51. The molecular weight excluding hydrogens is 262 g/mol. The van der Waals surface area contributed by atoms with Gasteiger partial charge in [-0.1, -0.05) is 38.8 Å². The number of hydrogen-bond acceptors (Lipinski definition) is 3. The minimum atomic E-state index is -0.190. The van der Waals surface area contributed by atoms with Gasteiger partial charge in [-0.2, -0.15) is 0 Å². The molecule has 1 aromatic carbocycles. The first kappa shape index (κ1) is 14.2. The van der Waals surface area contributed by atoms with Gasteiger partial charge in [-0.15, -0.1) is 0 Å². The average molecular weight is 287 g/mol. The average Bonchev–Trinajstić information content (AvgIpc) is 2.51. The fraction of sp³-hybridized carbons (Fsp3) is 0.588. The van der Waals surface area contributed by atoms with Gasteiger partial charge in [0.2, 0.25) is 5.91 Å². The molecule has 1 saturated carbocycles. The number of carbonyl (C=O) groups excluding carboxylic acids is 1. The van der Waals surface area contributed by atoms with Crippen LogP contribution >= 0.6 is 0 Å². The van der Waals surface area contributed by atoms with Crippen molar-refractivity contribution in [3.05, 3.63) is 24.3 Å². The van der Waals surface area contributed by atoms with Gasteiger partial charge in [0.1, 0.15) is 6.04 Å². The van der Waals surface area contributed by atoms with Crippen LogP contribution in [0.15, 0.2) is 24.3 Å². The molecule has 1 aliphatic carbocycles. The summed E-state index contributed by atoms with van der Waals surface area (Å²) in [6.45, 7) is 5.19. The molecular formula is C17H25N3O. The second-order valence-electron chi connectivity index (χ2n) is 6.51. The van der Waals surface area contributed by atoms with Gasteiger partial charge in [0, 0.05) is 12.6 Å². The van der Waals surface area contributed by atoms with Crippen LogP contribution in [0.2, 0.25) is 0 Å². The molecule has 1 amide bonds. The minimum Gasteiger partial charge on any atom is -0.381 e. The molecule has 2 aliphatic rings. The molecule has 0 spiro atoms. The second kappa shape index (κ2) is 5.96. The molecule has 3 rings (SSSR count). The first-order valence-electron chi connectivity index (χ1n) is 8.05. The summed E-state index contributed by atoms with van der Waals surface area (Å²) in [7, 11) is 0. The van der Waals surface area contributed by atoms with Crippen molar-refractivity contribution in [2.75, 3.05) is 17.2 Å². The van der Waals surface area contributed by atoms with Crippen LogP contribution in [0, 0.1) is 11.8 Å². The highest BCUT2D eigenvalue weighted by molar-refractivity contribution is 5.88. The Bertz CT molecular complexity index is 517. The Balaban J connectivity index is 1.62. The maximum Gasteiger partial charge on any atom is 0.244 e. The van der Waals surface area contributed by atoms with Crippen molar-refractivity contribution in [1.29, 1.82) is 0 Å². The number of para-hydroxylation sites is 2. The Hall–Kier alpha value is -1.71. The Morgan fingerprint density at radius 1 is 1.19 bits per heavy atom. The van der Waals surface area contributed by atoms with Crippen LogP contribution in [0.1, 0.15) is 33.1 Å². The van der Waals surface area contributed by atoms with Crippen LogP contribution in [0.5, 0.6) is 0 Å². The van der Waals surface area contributed by atoms with E-state index >= 15 is 0 Å². The van der Waals surface area contributed by atoms with Crippen LogP contribution < -0.4 is 16.0 Å². The maximum absolute atomic E-state index is 12.5. The number of fused-ring (bicyclic) bond motifs is 1. The lowest BCUT2D eigenvalue weighted by molar-refractivity contribution is -0.123. The molecule has 1 aromatic rings. The number of benzene rings is 1. The zero-order valence-electron chi connectivity index (χ0n) is 12.9. The molecule has 21 heavy (non-hydrogen) atoms. The van der Waals surface area contributed by atoms with Crippen molar-refractivity contribution in [2.24, 2.45) is 11.8 Å². The summed E-state index contributed by atoms with van der Waals surface area (Å²) in [4.78, 5) is 12.5. The predicted octanol–water partition coefficient (Wildman–Crippen LogP) is 2.83. The zero-order chi connectivity index (χ0) is 14.8. The van der Waals surface area contributed by atoms with Crippen molar-refractivity contribution in [3.63, 3.8) is 0 Å². The van der Waals surface area contributed by atoms with E-state index in [1.807, 2.05) is 24.3 Å². The Labute approximate surface area is 126 Å². The van der Waals surface area contributed by atoms with Gasteiger partial charge < -0.3 is 16.0 Å². The van der Waals surface area contributed by atoms with Crippen LogP contribution in [0.3, 0.4) is 0 Å². The summed E-state index contributed by atoms with van der Waals surface area (Å²) in [5, 5.41) is 9.92. The number of amides is 1. The molecule has 1 aliphatic heterocycles. The highest BCUT2D eigenvalue weighted by Crippen LogP contribution is 2.30. The highest BCUT2D eigenvalue weighted by atomic mass is 16.2. The lowest BCUT2D eigenvalue weighted by Gasteiger charge is -2.36. The molecule has 0 radical (unpaired) electrons. The summed E-state index contributed by atoms with van der Waals surface area (Å²) in [6.07, 6.45) is 3.60. The fourth-order valence-corrected chi connectivity index (χ4v) is 3.44. The van der Waals surface area contributed by atoms with Crippen LogP contribution in [0.4, 0.5) is 11.4 Å². The van der Waals surface area contributed by atoms with Gasteiger partial charge in [-0.25, -0.2) is 0 Å². The number of anilines is 2. The fourth-order valence-electron chi connectivity index (χ4n) is 3.44. The summed E-state index contributed by atoms with van der Waals surface area (Å²) in [6, 6.07) is 8.15. The SMILES string of the molecule is CC1CCCC(NC(=O)C2CNc3ccccc3N2)C1C. The van der Waals surface area contributed by atoms with Gasteiger partial charge in [0.15, 0.2) is 0 Å². The topological polar surface area (TPSA) is 53.2 Å². The van der Waals surface area contributed by atoms with E-state index in [4.69, 9.17) is 0 Å². The first-order valence-corrected chi connectivity index (χ1v) is 8.05. The Morgan fingerprint density at radius 2 is 1.95 bits per heavy atom. The lowest BCUT2D eigenvalue weighted by atomic mass is 9.78. The third-order valence-electron chi connectivity index (χ3n) is 5.10. The molecule has 0 aromatic heterocycles. The molecule has 1 fully saturated rings. The molecule has 4 atom stereocenters. The van der Waals surface area contributed by atoms with Gasteiger partial charge in [0.25, 0.3) is 0 Å². The van der Waals surface area contributed by atoms with Crippen molar-refractivity contribution in [2.45, 2.75) is 45.2 Å². The third-order valence-corrected chi connectivity index (χ3v) is 5.10. The summed E-state index contributed by atoms with van der Waals surface area (Å²) >= 11 is 0. The zero-order valence-corrected chi connectivity index (χ0v) is 12.9. The molecule has 4 heteroatoms. The normalized spacial score (nSPS) is 31.5. The standard InChI is InChI=1S/C17H25N3O/c1-11-6-5-9-13(12(11)2)20-17(21)16-10-18-14-7-3-4-8-15(14)19-16/h3-4,7-8,11-13,16,18-19H,5-6,9-10H2,1-2H3,(H,20,21). The van der Waals surface area contributed by atoms with E-state index < -0.39 is 0 Å². The number of rotatable bonds is 2.